The van der Waals surface area contributed by atoms with Gasteiger partial charge in [0.2, 0.25) is 0 Å². The Morgan fingerprint density at radius 1 is 0.875 bits per heavy atom. The van der Waals surface area contributed by atoms with E-state index in [1.54, 1.807) is 6.07 Å². The number of halogens is 2. The van der Waals surface area contributed by atoms with Gasteiger partial charge in [-0.05, 0) is 18.2 Å². The van der Waals surface area contributed by atoms with Crippen LogP contribution >= 0.6 is 35.0 Å². The zero-order valence-electron chi connectivity index (χ0n) is 12.4. The number of hydrogen-bond acceptors (Lipinski definition) is 3. The molecule has 0 saturated carbocycles. The molecule has 5 heteroatoms. The van der Waals surface area contributed by atoms with Gasteiger partial charge in [-0.2, -0.15) is 0 Å². The van der Waals surface area contributed by atoms with Crippen LogP contribution in [-0.2, 0) is 0 Å². The molecule has 0 N–H and O–H groups in total. The predicted octanol–water partition coefficient (Wildman–Crippen LogP) is 6.95. The van der Waals surface area contributed by atoms with E-state index in [2.05, 4.69) is 4.98 Å². The molecule has 2 heterocycles. The number of hydrogen-bond donors (Lipinski definition) is 0. The summed E-state index contributed by atoms with van der Waals surface area (Å²) in [6.07, 6.45) is 0. The first-order valence-corrected chi connectivity index (χ1v) is 8.86. The molecule has 0 spiro atoms. The van der Waals surface area contributed by atoms with E-state index in [0.29, 0.717) is 16.1 Å². The molecule has 0 bridgehead atoms. The van der Waals surface area contributed by atoms with Crippen LogP contribution in [-0.4, -0.2) is 4.98 Å². The minimum atomic E-state index is 0.347. The Hall–Kier alpha value is -1.94. The summed E-state index contributed by atoms with van der Waals surface area (Å²) in [5, 5.41) is 3.10. The number of pyridine rings is 1. The van der Waals surface area contributed by atoms with E-state index < -0.39 is 0 Å². The summed E-state index contributed by atoms with van der Waals surface area (Å²) in [5.74, 6) is 0.707. The lowest BCUT2D eigenvalue weighted by molar-refractivity contribution is 0.495. The molecule has 0 aliphatic carbocycles. The van der Waals surface area contributed by atoms with E-state index in [-0.39, 0.29) is 0 Å². The fourth-order valence-electron chi connectivity index (χ4n) is 2.52. The van der Waals surface area contributed by atoms with Crippen LogP contribution in [0.5, 0.6) is 0 Å². The number of benzene rings is 2. The van der Waals surface area contributed by atoms with E-state index in [9.17, 15) is 0 Å². The van der Waals surface area contributed by atoms with Crippen LogP contribution in [0.4, 0.5) is 0 Å². The van der Waals surface area contributed by atoms with Crippen molar-refractivity contribution in [2.45, 2.75) is 9.99 Å². The highest BCUT2D eigenvalue weighted by Gasteiger charge is 2.20. The third-order valence-corrected chi connectivity index (χ3v) is 5.04. The van der Waals surface area contributed by atoms with Crippen molar-refractivity contribution < 1.29 is 4.42 Å². The third kappa shape index (κ3) is 2.91. The molecule has 0 unspecified atom stereocenters. The van der Waals surface area contributed by atoms with Crippen LogP contribution in [0.3, 0.4) is 0 Å². The van der Waals surface area contributed by atoms with Crippen molar-refractivity contribution in [3.05, 3.63) is 77.0 Å². The summed E-state index contributed by atoms with van der Waals surface area (Å²) in [6.45, 7) is 0. The molecular weight excluding hydrogens is 361 g/mol. The van der Waals surface area contributed by atoms with Crippen molar-refractivity contribution in [3.63, 3.8) is 0 Å². The molecule has 24 heavy (non-hydrogen) atoms. The first kappa shape index (κ1) is 15.6. The number of fused-ring (bicyclic) bond motifs is 1. The highest BCUT2D eigenvalue weighted by Crippen LogP contribution is 2.44. The second-order valence-electron chi connectivity index (χ2n) is 5.16. The molecule has 2 aromatic heterocycles. The Labute approximate surface area is 153 Å². The molecule has 4 rings (SSSR count). The molecule has 2 aromatic carbocycles. The van der Waals surface area contributed by atoms with Crippen molar-refractivity contribution in [3.8, 4) is 11.3 Å². The van der Waals surface area contributed by atoms with E-state index in [4.69, 9.17) is 27.6 Å². The average molecular weight is 372 g/mol. The summed E-state index contributed by atoms with van der Waals surface area (Å²) >= 11 is 14.0. The van der Waals surface area contributed by atoms with Gasteiger partial charge in [-0.3, -0.25) is 0 Å². The number of aromatic nitrogens is 1. The highest BCUT2D eigenvalue weighted by molar-refractivity contribution is 7.99. The maximum absolute atomic E-state index is 6.37. The SMILES string of the molecule is Clc1cc2c(Sc3ccccc3)oc(-c3ccccc3)c2c(Cl)n1. The van der Waals surface area contributed by atoms with Gasteiger partial charge in [-0.1, -0.05) is 83.5 Å². The maximum atomic E-state index is 6.37. The van der Waals surface area contributed by atoms with Gasteiger partial charge in [0.15, 0.2) is 5.09 Å². The van der Waals surface area contributed by atoms with E-state index in [1.165, 1.54) is 11.8 Å². The number of rotatable bonds is 3. The fourth-order valence-corrected chi connectivity index (χ4v) is 3.94. The highest BCUT2D eigenvalue weighted by atomic mass is 35.5. The Kier molecular flexibility index (Phi) is 4.23. The zero-order chi connectivity index (χ0) is 16.5. The molecule has 0 saturated heterocycles. The van der Waals surface area contributed by atoms with Crippen LogP contribution in [0, 0.1) is 0 Å². The molecule has 2 nitrogen and oxygen atoms in total. The molecular formula is C19H11Cl2NOS. The van der Waals surface area contributed by atoms with Crippen LogP contribution in [0.15, 0.2) is 81.1 Å². The molecule has 0 aliphatic rings. The topological polar surface area (TPSA) is 26.0 Å². The summed E-state index contributed by atoms with van der Waals surface area (Å²) in [7, 11) is 0. The maximum Gasteiger partial charge on any atom is 0.173 e. The molecule has 4 aromatic rings. The van der Waals surface area contributed by atoms with Gasteiger partial charge in [0.05, 0.1) is 5.39 Å². The summed E-state index contributed by atoms with van der Waals surface area (Å²) in [4.78, 5) is 5.25. The minimum absolute atomic E-state index is 0.347. The largest absolute Gasteiger partial charge is 0.448 e. The van der Waals surface area contributed by atoms with Gasteiger partial charge in [0.25, 0.3) is 0 Å². The first-order chi connectivity index (χ1) is 11.7. The van der Waals surface area contributed by atoms with Crippen molar-refractivity contribution in [2.75, 3.05) is 0 Å². The fraction of sp³-hybridized carbons (Fsp3) is 0. The second kappa shape index (κ2) is 6.52. The van der Waals surface area contributed by atoms with Crippen LogP contribution in [0.1, 0.15) is 0 Å². The number of nitrogens with zero attached hydrogens (tertiary/aromatic N) is 1. The van der Waals surface area contributed by atoms with Crippen molar-refractivity contribution in [1.29, 1.82) is 0 Å². The van der Waals surface area contributed by atoms with Gasteiger partial charge in [0, 0.05) is 15.8 Å². The van der Waals surface area contributed by atoms with E-state index in [0.717, 1.165) is 26.3 Å². The summed E-state index contributed by atoms with van der Waals surface area (Å²) in [6, 6.07) is 21.7. The third-order valence-electron chi connectivity index (χ3n) is 3.58. The lowest BCUT2D eigenvalue weighted by Crippen LogP contribution is -1.81. The van der Waals surface area contributed by atoms with Crippen LogP contribution < -0.4 is 0 Å². The number of furan rings is 1. The average Bonchev–Trinajstić information content (AvgIpc) is 2.95. The normalized spacial score (nSPS) is 11.1. The van der Waals surface area contributed by atoms with Crippen molar-refractivity contribution >= 4 is 45.7 Å². The van der Waals surface area contributed by atoms with E-state index >= 15 is 0 Å². The molecule has 0 aliphatic heterocycles. The summed E-state index contributed by atoms with van der Waals surface area (Å²) < 4.78 is 6.17. The zero-order valence-corrected chi connectivity index (χ0v) is 14.7. The lowest BCUT2D eigenvalue weighted by atomic mass is 10.1. The van der Waals surface area contributed by atoms with Crippen LogP contribution in [0.25, 0.3) is 22.1 Å². The smallest absolute Gasteiger partial charge is 0.173 e. The van der Waals surface area contributed by atoms with Crippen LogP contribution in [0.2, 0.25) is 10.3 Å². The second-order valence-corrected chi connectivity index (χ2v) is 6.95. The molecule has 0 fully saturated rings. The quantitative estimate of drug-likeness (QED) is 0.364. The molecule has 0 radical (unpaired) electrons. The van der Waals surface area contributed by atoms with Gasteiger partial charge in [-0.25, -0.2) is 4.98 Å². The Morgan fingerprint density at radius 3 is 2.25 bits per heavy atom. The van der Waals surface area contributed by atoms with E-state index in [1.807, 2.05) is 60.7 Å². The summed E-state index contributed by atoms with van der Waals surface area (Å²) in [5.41, 5.74) is 0.952. The predicted molar refractivity (Wildman–Crippen MR) is 100 cm³/mol. The lowest BCUT2D eigenvalue weighted by Gasteiger charge is -1.99. The molecule has 0 atom stereocenters. The van der Waals surface area contributed by atoms with Gasteiger partial charge in [0.1, 0.15) is 16.1 Å². The van der Waals surface area contributed by atoms with Gasteiger partial charge >= 0.3 is 0 Å². The Balaban J connectivity index is 1.94. The first-order valence-electron chi connectivity index (χ1n) is 7.29. The van der Waals surface area contributed by atoms with Crippen molar-refractivity contribution in [1.82, 2.24) is 4.98 Å². The Bertz CT molecular complexity index is 1000. The van der Waals surface area contributed by atoms with Gasteiger partial charge < -0.3 is 4.42 Å². The van der Waals surface area contributed by atoms with Crippen molar-refractivity contribution in [2.24, 2.45) is 0 Å². The Morgan fingerprint density at radius 2 is 1.54 bits per heavy atom. The monoisotopic (exact) mass is 371 g/mol. The molecule has 0 amide bonds. The van der Waals surface area contributed by atoms with Gasteiger partial charge in [-0.15, -0.1) is 0 Å². The standard InChI is InChI=1S/C19H11Cl2NOS/c20-15-11-14-16(18(21)22-15)17(12-7-3-1-4-8-12)23-19(14)24-13-9-5-2-6-10-13/h1-11H. The minimum Gasteiger partial charge on any atom is -0.448 e. The molecule has 118 valence electrons.